The number of piperidine rings is 1. The van der Waals surface area contributed by atoms with Gasteiger partial charge in [-0.3, -0.25) is 9.78 Å². The number of likely N-dealkylation sites (tertiary alicyclic amines) is 1. The van der Waals surface area contributed by atoms with Crippen LogP contribution in [0.4, 0.5) is 0 Å². The minimum absolute atomic E-state index is 0.122. The number of rotatable bonds is 9. The maximum Gasteiger partial charge on any atom is 0.248 e. The van der Waals surface area contributed by atoms with Crippen LogP contribution in [0.3, 0.4) is 0 Å². The molecular formula is C23H30N2O3. The van der Waals surface area contributed by atoms with Gasteiger partial charge in [0.1, 0.15) is 6.61 Å². The Morgan fingerprint density at radius 3 is 2.21 bits per heavy atom. The molecule has 0 saturated carbocycles. The molecule has 5 nitrogen and oxygen atoms in total. The minimum atomic E-state index is 0.122. The molecule has 0 N–H and O–H groups in total. The maximum absolute atomic E-state index is 12.0. The van der Waals surface area contributed by atoms with Crippen LogP contribution >= 0.6 is 0 Å². The molecule has 0 spiro atoms. The normalized spacial score (nSPS) is 15.0. The number of carbonyl (C=O) groups excluding carboxylic acids is 1. The summed E-state index contributed by atoms with van der Waals surface area (Å²) in [6, 6.07) is 12.7. The third-order valence-electron chi connectivity index (χ3n) is 5.23. The highest BCUT2D eigenvalue weighted by molar-refractivity contribution is 5.77. The predicted octanol–water partition coefficient (Wildman–Crippen LogP) is 3.62. The summed E-state index contributed by atoms with van der Waals surface area (Å²) in [5.41, 5.74) is 3.68. The molecule has 0 atom stereocenters. The smallest absolute Gasteiger partial charge is 0.248 e. The van der Waals surface area contributed by atoms with Gasteiger partial charge in [-0.05, 0) is 60.9 Å². The van der Waals surface area contributed by atoms with Gasteiger partial charge in [-0.2, -0.15) is 0 Å². The summed E-state index contributed by atoms with van der Waals surface area (Å²) < 4.78 is 11.0. The zero-order chi connectivity index (χ0) is 19.6. The zero-order valence-corrected chi connectivity index (χ0v) is 16.7. The van der Waals surface area contributed by atoms with Crippen molar-refractivity contribution in [2.24, 2.45) is 5.92 Å². The molecular weight excluding hydrogens is 352 g/mol. The molecule has 1 aliphatic heterocycles. The third-order valence-corrected chi connectivity index (χ3v) is 5.23. The van der Waals surface area contributed by atoms with Crippen molar-refractivity contribution in [3.8, 4) is 0 Å². The van der Waals surface area contributed by atoms with E-state index in [0.29, 0.717) is 25.7 Å². The Hall–Kier alpha value is -2.24. The van der Waals surface area contributed by atoms with Crippen LogP contribution in [-0.4, -0.2) is 42.1 Å². The van der Waals surface area contributed by atoms with Gasteiger partial charge in [0.15, 0.2) is 0 Å². The van der Waals surface area contributed by atoms with E-state index in [1.54, 1.807) is 12.4 Å². The first kappa shape index (κ1) is 20.5. The summed E-state index contributed by atoms with van der Waals surface area (Å²) in [6.45, 7) is 5.62. The number of benzene rings is 1. The Morgan fingerprint density at radius 1 is 0.964 bits per heavy atom. The third kappa shape index (κ3) is 6.43. The Morgan fingerprint density at radius 2 is 1.57 bits per heavy atom. The number of pyridine rings is 1. The van der Waals surface area contributed by atoms with Gasteiger partial charge in [0.05, 0.1) is 13.2 Å². The fraction of sp³-hybridized carbons (Fsp3) is 0.478. The lowest BCUT2D eigenvalue weighted by molar-refractivity contribution is -0.137. The lowest BCUT2D eigenvalue weighted by atomic mass is 9.90. The van der Waals surface area contributed by atoms with Crippen molar-refractivity contribution >= 4 is 5.91 Å². The standard InChI is InChI=1S/C23H30N2O3/c1-2-27-18-23(26)25-13-9-20(10-14-25)15-19-3-5-21(6-4-19)16-28-17-22-7-11-24-12-8-22/h3-8,11-12,20H,2,9-10,13-18H2,1H3. The van der Waals surface area contributed by atoms with Crippen molar-refractivity contribution in [3.63, 3.8) is 0 Å². The number of amides is 1. The Bertz CT molecular complexity index is 710. The SMILES string of the molecule is CCOCC(=O)N1CCC(Cc2ccc(COCc3ccncc3)cc2)CC1. The van der Waals surface area contributed by atoms with Crippen LogP contribution in [0.15, 0.2) is 48.8 Å². The number of aromatic nitrogens is 1. The van der Waals surface area contributed by atoms with Crippen molar-refractivity contribution < 1.29 is 14.3 Å². The molecule has 0 aliphatic carbocycles. The van der Waals surface area contributed by atoms with E-state index in [9.17, 15) is 4.79 Å². The molecule has 2 aromatic rings. The first-order chi connectivity index (χ1) is 13.7. The van der Waals surface area contributed by atoms with Gasteiger partial charge < -0.3 is 14.4 Å². The van der Waals surface area contributed by atoms with Gasteiger partial charge in [-0.15, -0.1) is 0 Å². The van der Waals surface area contributed by atoms with Crippen molar-refractivity contribution in [1.29, 1.82) is 0 Å². The first-order valence-corrected chi connectivity index (χ1v) is 10.1. The summed E-state index contributed by atoms with van der Waals surface area (Å²) in [5.74, 6) is 0.765. The summed E-state index contributed by atoms with van der Waals surface area (Å²) in [6.07, 6.45) is 6.77. The van der Waals surface area contributed by atoms with Gasteiger partial charge >= 0.3 is 0 Å². The summed E-state index contributed by atoms with van der Waals surface area (Å²) in [5, 5.41) is 0. The van der Waals surface area contributed by atoms with E-state index in [1.165, 1.54) is 11.1 Å². The van der Waals surface area contributed by atoms with Crippen molar-refractivity contribution in [2.75, 3.05) is 26.3 Å². The molecule has 1 aromatic carbocycles. The molecule has 1 amide bonds. The number of carbonyl (C=O) groups is 1. The zero-order valence-electron chi connectivity index (χ0n) is 16.7. The van der Waals surface area contributed by atoms with Crippen LogP contribution in [-0.2, 0) is 33.9 Å². The van der Waals surface area contributed by atoms with Gasteiger partial charge in [0.25, 0.3) is 0 Å². The van der Waals surface area contributed by atoms with E-state index >= 15 is 0 Å². The van der Waals surface area contributed by atoms with Gasteiger partial charge in [-0.1, -0.05) is 24.3 Å². The molecule has 2 heterocycles. The average molecular weight is 383 g/mol. The highest BCUT2D eigenvalue weighted by atomic mass is 16.5. The minimum Gasteiger partial charge on any atom is -0.372 e. The van der Waals surface area contributed by atoms with Crippen LogP contribution in [0.5, 0.6) is 0 Å². The molecule has 0 bridgehead atoms. The second kappa shape index (κ2) is 10.9. The van der Waals surface area contributed by atoms with Crippen LogP contribution < -0.4 is 0 Å². The molecule has 1 aliphatic rings. The largest absolute Gasteiger partial charge is 0.372 e. The predicted molar refractivity (Wildman–Crippen MR) is 109 cm³/mol. The molecule has 1 saturated heterocycles. The highest BCUT2D eigenvalue weighted by Crippen LogP contribution is 2.22. The van der Waals surface area contributed by atoms with Gasteiger partial charge in [0, 0.05) is 32.1 Å². The topological polar surface area (TPSA) is 51.7 Å². The number of hydrogen-bond donors (Lipinski definition) is 0. The fourth-order valence-electron chi connectivity index (χ4n) is 3.54. The van der Waals surface area contributed by atoms with Crippen molar-refractivity contribution in [1.82, 2.24) is 9.88 Å². The summed E-state index contributed by atoms with van der Waals surface area (Å²) >= 11 is 0. The lowest BCUT2D eigenvalue weighted by Crippen LogP contribution is -2.40. The summed E-state index contributed by atoms with van der Waals surface area (Å²) in [4.78, 5) is 18.0. The van der Waals surface area contributed by atoms with Gasteiger partial charge in [0.2, 0.25) is 5.91 Å². The van der Waals surface area contributed by atoms with Crippen LogP contribution in [0, 0.1) is 5.92 Å². The Balaban J connectivity index is 1.38. The molecule has 1 aromatic heterocycles. The van der Waals surface area contributed by atoms with E-state index in [2.05, 4.69) is 29.2 Å². The van der Waals surface area contributed by atoms with Crippen LogP contribution in [0.2, 0.25) is 0 Å². The Kier molecular flexibility index (Phi) is 8.00. The van der Waals surface area contributed by atoms with E-state index < -0.39 is 0 Å². The highest BCUT2D eigenvalue weighted by Gasteiger charge is 2.22. The lowest BCUT2D eigenvalue weighted by Gasteiger charge is -2.32. The molecule has 28 heavy (non-hydrogen) atoms. The van der Waals surface area contributed by atoms with Crippen LogP contribution in [0.25, 0.3) is 0 Å². The van der Waals surface area contributed by atoms with Crippen LogP contribution in [0.1, 0.15) is 36.5 Å². The van der Waals surface area contributed by atoms with Crippen molar-refractivity contribution in [3.05, 3.63) is 65.5 Å². The fourth-order valence-corrected chi connectivity index (χ4v) is 3.54. The maximum atomic E-state index is 12.0. The average Bonchev–Trinajstić information content (AvgIpc) is 2.74. The second-order valence-electron chi connectivity index (χ2n) is 7.33. The monoisotopic (exact) mass is 382 g/mol. The van der Waals surface area contributed by atoms with Crippen molar-refractivity contribution in [2.45, 2.75) is 39.4 Å². The molecule has 150 valence electrons. The number of nitrogens with zero attached hydrogens (tertiary/aromatic N) is 2. The van der Waals surface area contributed by atoms with Gasteiger partial charge in [-0.25, -0.2) is 0 Å². The molecule has 3 rings (SSSR count). The molecule has 0 radical (unpaired) electrons. The van der Waals surface area contributed by atoms with E-state index in [1.807, 2.05) is 24.0 Å². The second-order valence-corrected chi connectivity index (χ2v) is 7.33. The van der Waals surface area contributed by atoms with E-state index in [0.717, 1.165) is 37.9 Å². The summed E-state index contributed by atoms with van der Waals surface area (Å²) in [7, 11) is 0. The van der Waals surface area contributed by atoms with E-state index in [4.69, 9.17) is 9.47 Å². The quantitative estimate of drug-likeness (QED) is 0.665. The Labute approximate surface area is 167 Å². The first-order valence-electron chi connectivity index (χ1n) is 10.1. The number of hydrogen-bond acceptors (Lipinski definition) is 4. The van der Waals surface area contributed by atoms with E-state index in [-0.39, 0.29) is 12.5 Å². The molecule has 5 heteroatoms. The molecule has 1 fully saturated rings. The number of ether oxygens (including phenoxy) is 2. The molecule has 0 unspecified atom stereocenters.